The lowest BCUT2D eigenvalue weighted by molar-refractivity contribution is 0.0833. The van der Waals surface area contributed by atoms with Gasteiger partial charge in [-0.1, -0.05) is 67.6 Å². The minimum Gasteiger partial charge on any atom is -0.294 e. The van der Waals surface area contributed by atoms with Crippen LogP contribution in [0.15, 0.2) is 60.7 Å². The van der Waals surface area contributed by atoms with Crippen LogP contribution in [0.1, 0.15) is 49.8 Å². The van der Waals surface area contributed by atoms with Gasteiger partial charge in [-0.25, -0.2) is 0 Å². The fourth-order valence-corrected chi connectivity index (χ4v) is 3.93. The topological polar surface area (TPSA) is 3.24 Å². The molecule has 0 radical (unpaired) electrons. The summed E-state index contributed by atoms with van der Waals surface area (Å²) in [5, 5.41) is 0. The molecule has 2 atom stereocenters. The van der Waals surface area contributed by atoms with Crippen LogP contribution in [-0.2, 0) is 6.42 Å². The lowest BCUT2D eigenvalue weighted by atomic mass is 9.88. The van der Waals surface area contributed by atoms with Crippen LogP contribution in [0.5, 0.6) is 0 Å². The Morgan fingerprint density at radius 2 is 1.59 bits per heavy atom. The first-order valence-electron chi connectivity index (χ1n) is 8.73. The molecule has 1 aliphatic heterocycles. The molecule has 2 aromatic rings. The lowest BCUT2D eigenvalue weighted by Crippen LogP contribution is -2.41. The van der Waals surface area contributed by atoms with Gasteiger partial charge in [0.1, 0.15) is 0 Å². The van der Waals surface area contributed by atoms with Gasteiger partial charge in [0.25, 0.3) is 0 Å². The van der Waals surface area contributed by atoms with Gasteiger partial charge >= 0.3 is 0 Å². The number of rotatable bonds is 5. The van der Waals surface area contributed by atoms with Gasteiger partial charge in [-0.2, -0.15) is 0 Å². The summed E-state index contributed by atoms with van der Waals surface area (Å²) in [6.07, 6.45) is 6.49. The molecule has 0 aliphatic carbocycles. The third-order valence-corrected chi connectivity index (χ3v) is 5.04. The Balaban J connectivity index is 1.68. The molecule has 1 nitrogen and oxygen atoms in total. The van der Waals surface area contributed by atoms with Gasteiger partial charge < -0.3 is 0 Å². The average Bonchev–Trinajstić information content (AvgIpc) is 2.61. The van der Waals surface area contributed by atoms with E-state index in [0.29, 0.717) is 6.04 Å². The highest BCUT2D eigenvalue weighted by molar-refractivity contribution is 5.20. The third-order valence-electron chi connectivity index (χ3n) is 5.04. The molecule has 0 spiro atoms. The summed E-state index contributed by atoms with van der Waals surface area (Å²) >= 11 is 0. The van der Waals surface area contributed by atoms with Crippen molar-refractivity contribution >= 4 is 0 Å². The van der Waals surface area contributed by atoms with E-state index in [4.69, 9.17) is 0 Å². The minimum absolute atomic E-state index is 0.612. The largest absolute Gasteiger partial charge is 0.294 e. The first-order chi connectivity index (χ1) is 10.9. The third kappa shape index (κ3) is 3.59. The van der Waals surface area contributed by atoms with E-state index in [1.807, 2.05) is 0 Å². The molecule has 0 unspecified atom stereocenters. The summed E-state index contributed by atoms with van der Waals surface area (Å²) < 4.78 is 0. The van der Waals surface area contributed by atoms with Gasteiger partial charge in [0.15, 0.2) is 0 Å². The van der Waals surface area contributed by atoms with Gasteiger partial charge in [-0.15, -0.1) is 0 Å². The van der Waals surface area contributed by atoms with Crippen LogP contribution < -0.4 is 0 Å². The number of benzene rings is 2. The van der Waals surface area contributed by atoms with Crippen molar-refractivity contribution in [1.82, 2.24) is 4.90 Å². The number of likely N-dealkylation sites (tertiary alicyclic amines) is 1. The van der Waals surface area contributed by atoms with E-state index in [-0.39, 0.29) is 0 Å². The van der Waals surface area contributed by atoms with Gasteiger partial charge in [-0.05, 0) is 49.8 Å². The van der Waals surface area contributed by atoms with Gasteiger partial charge in [0.05, 0.1) is 0 Å². The Bertz CT molecular complexity index is 549. The van der Waals surface area contributed by atoms with Crippen molar-refractivity contribution in [2.75, 3.05) is 6.54 Å². The molecule has 1 aliphatic rings. The smallest absolute Gasteiger partial charge is 0.0350 e. The molecule has 0 N–H and O–H groups in total. The minimum atomic E-state index is 0.612. The first kappa shape index (κ1) is 15.3. The molecule has 116 valence electrons. The van der Waals surface area contributed by atoms with Crippen molar-refractivity contribution in [2.45, 2.75) is 51.1 Å². The second-order valence-corrected chi connectivity index (χ2v) is 6.37. The fraction of sp³-hybridized carbons (Fsp3) is 0.429. The van der Waals surface area contributed by atoms with Crippen LogP contribution in [0.25, 0.3) is 0 Å². The number of aryl methyl sites for hydroxylation is 1. The zero-order chi connectivity index (χ0) is 15.2. The molecule has 0 bridgehead atoms. The first-order valence-corrected chi connectivity index (χ1v) is 8.73. The van der Waals surface area contributed by atoms with Crippen LogP contribution in [-0.4, -0.2) is 17.5 Å². The standard InChI is InChI=1S/C21H27N/c1-2-22-20(17-16-18-10-5-3-6-11-18)14-9-15-21(22)19-12-7-4-8-13-19/h3-8,10-13,20-21H,2,9,14-17H2,1H3/t20-,21+/m1/s1. The molecule has 0 saturated carbocycles. The molecule has 1 heterocycles. The van der Waals surface area contributed by atoms with E-state index in [1.165, 1.54) is 43.2 Å². The molecule has 1 fully saturated rings. The molecular weight excluding hydrogens is 266 g/mol. The number of piperidine rings is 1. The van der Waals surface area contributed by atoms with E-state index < -0.39 is 0 Å². The van der Waals surface area contributed by atoms with E-state index in [0.717, 1.165) is 12.6 Å². The SMILES string of the molecule is CCN1[C@@H](CCc2ccccc2)CCC[C@H]1c1ccccc1. The highest BCUT2D eigenvalue weighted by Crippen LogP contribution is 2.35. The van der Waals surface area contributed by atoms with Crippen LogP contribution >= 0.6 is 0 Å². The predicted molar refractivity (Wildman–Crippen MR) is 94.0 cm³/mol. The van der Waals surface area contributed by atoms with Crippen molar-refractivity contribution in [3.8, 4) is 0 Å². The van der Waals surface area contributed by atoms with Gasteiger partial charge in [0.2, 0.25) is 0 Å². The highest BCUT2D eigenvalue weighted by atomic mass is 15.2. The molecule has 3 rings (SSSR count). The van der Waals surface area contributed by atoms with Gasteiger partial charge in [0, 0.05) is 12.1 Å². The average molecular weight is 293 g/mol. The summed E-state index contributed by atoms with van der Waals surface area (Å²) in [5.74, 6) is 0. The van der Waals surface area contributed by atoms with Crippen molar-refractivity contribution in [3.63, 3.8) is 0 Å². The van der Waals surface area contributed by atoms with Crippen molar-refractivity contribution < 1.29 is 0 Å². The lowest BCUT2D eigenvalue weighted by Gasteiger charge is -2.42. The monoisotopic (exact) mass is 293 g/mol. The molecule has 0 amide bonds. The molecule has 2 aromatic carbocycles. The number of hydrogen-bond donors (Lipinski definition) is 0. The number of hydrogen-bond acceptors (Lipinski definition) is 1. The van der Waals surface area contributed by atoms with Gasteiger partial charge in [-0.3, -0.25) is 4.90 Å². The Morgan fingerprint density at radius 1 is 0.909 bits per heavy atom. The van der Waals surface area contributed by atoms with Crippen molar-refractivity contribution in [2.24, 2.45) is 0 Å². The maximum Gasteiger partial charge on any atom is 0.0350 e. The summed E-state index contributed by atoms with van der Waals surface area (Å²) in [6, 6.07) is 23.3. The second-order valence-electron chi connectivity index (χ2n) is 6.37. The van der Waals surface area contributed by atoms with E-state index in [2.05, 4.69) is 72.5 Å². The van der Waals surface area contributed by atoms with Crippen molar-refractivity contribution in [3.05, 3.63) is 71.8 Å². The van der Waals surface area contributed by atoms with Crippen molar-refractivity contribution in [1.29, 1.82) is 0 Å². The molecule has 1 heteroatoms. The van der Waals surface area contributed by atoms with Crippen LogP contribution in [0.4, 0.5) is 0 Å². The normalized spacial score (nSPS) is 22.6. The summed E-state index contributed by atoms with van der Waals surface area (Å²) in [4.78, 5) is 2.74. The second kappa shape index (κ2) is 7.60. The predicted octanol–water partition coefficient (Wildman–Crippen LogP) is 5.23. The quantitative estimate of drug-likeness (QED) is 0.729. The van der Waals surface area contributed by atoms with Crippen LogP contribution in [0.2, 0.25) is 0 Å². The summed E-state index contributed by atoms with van der Waals surface area (Å²) in [5.41, 5.74) is 2.97. The fourth-order valence-electron chi connectivity index (χ4n) is 3.93. The summed E-state index contributed by atoms with van der Waals surface area (Å²) in [7, 11) is 0. The maximum absolute atomic E-state index is 2.74. The Labute approximate surface area is 135 Å². The van der Waals surface area contributed by atoms with E-state index >= 15 is 0 Å². The Hall–Kier alpha value is -1.60. The molecular formula is C21H27N. The molecule has 0 aromatic heterocycles. The zero-order valence-electron chi connectivity index (χ0n) is 13.6. The van der Waals surface area contributed by atoms with E-state index in [1.54, 1.807) is 0 Å². The molecule has 1 saturated heterocycles. The van der Waals surface area contributed by atoms with Crippen LogP contribution in [0.3, 0.4) is 0 Å². The Kier molecular flexibility index (Phi) is 5.29. The number of nitrogens with zero attached hydrogens (tertiary/aromatic N) is 1. The maximum atomic E-state index is 2.74. The Morgan fingerprint density at radius 3 is 2.27 bits per heavy atom. The molecule has 22 heavy (non-hydrogen) atoms. The summed E-state index contributed by atoms with van der Waals surface area (Å²) in [6.45, 7) is 3.47. The highest BCUT2D eigenvalue weighted by Gasteiger charge is 2.29. The zero-order valence-corrected chi connectivity index (χ0v) is 13.6. The van der Waals surface area contributed by atoms with E-state index in [9.17, 15) is 0 Å². The van der Waals surface area contributed by atoms with Crippen LogP contribution in [0, 0.1) is 0 Å².